The van der Waals surface area contributed by atoms with E-state index in [1.807, 2.05) is 54.9 Å². The molecule has 5 aromatic rings. The predicted molar refractivity (Wildman–Crippen MR) is 165 cm³/mol. The Morgan fingerprint density at radius 2 is 1.75 bits per heavy atom. The van der Waals surface area contributed by atoms with E-state index in [9.17, 15) is 18.0 Å². The van der Waals surface area contributed by atoms with Crippen molar-refractivity contribution in [3.8, 4) is 22.4 Å². The van der Waals surface area contributed by atoms with Gasteiger partial charge in [-0.3, -0.25) is 19.1 Å². The van der Waals surface area contributed by atoms with Crippen molar-refractivity contribution in [2.75, 3.05) is 38.5 Å². The number of imidazole rings is 1. The molecule has 0 atom stereocenters. The molecule has 0 saturated carbocycles. The summed E-state index contributed by atoms with van der Waals surface area (Å²) in [5, 5.41) is 2.74. The molecule has 0 spiro atoms. The van der Waals surface area contributed by atoms with Crippen molar-refractivity contribution in [2.24, 2.45) is 0 Å². The number of piperazine rings is 1. The fourth-order valence-electron chi connectivity index (χ4n) is 5.68. The average molecular weight is 599 g/mol. The third kappa shape index (κ3) is 6.36. The van der Waals surface area contributed by atoms with Crippen LogP contribution in [-0.2, 0) is 19.1 Å². The Hall–Kier alpha value is -4.54. The first kappa shape index (κ1) is 29.5. The predicted octanol–water partition coefficient (Wildman–Crippen LogP) is 6.64. The van der Waals surface area contributed by atoms with Crippen LogP contribution in [0.3, 0.4) is 0 Å². The molecule has 1 saturated heterocycles. The van der Waals surface area contributed by atoms with Crippen molar-refractivity contribution in [1.29, 1.82) is 0 Å². The highest BCUT2D eigenvalue weighted by atomic mass is 19.4. The van der Waals surface area contributed by atoms with Crippen LogP contribution in [-0.4, -0.2) is 63.3 Å². The molecule has 1 fully saturated rings. The molecule has 0 radical (unpaired) electrons. The second-order valence-corrected chi connectivity index (χ2v) is 11.2. The quantitative estimate of drug-likeness (QED) is 0.228. The van der Waals surface area contributed by atoms with Crippen molar-refractivity contribution >= 4 is 17.2 Å². The maximum atomic E-state index is 13.8. The van der Waals surface area contributed by atoms with Gasteiger partial charge in [-0.25, -0.2) is 4.98 Å². The number of rotatable bonds is 7. The number of anilines is 1. The number of aryl methyl sites for hydroxylation is 1. The Kier molecular flexibility index (Phi) is 8.20. The van der Waals surface area contributed by atoms with Gasteiger partial charge in [0.1, 0.15) is 0 Å². The zero-order chi connectivity index (χ0) is 30.8. The van der Waals surface area contributed by atoms with Gasteiger partial charge in [0.25, 0.3) is 5.91 Å². The maximum absolute atomic E-state index is 13.8. The summed E-state index contributed by atoms with van der Waals surface area (Å²) in [4.78, 5) is 26.4. The van der Waals surface area contributed by atoms with Gasteiger partial charge in [-0.15, -0.1) is 0 Å². The Bertz CT molecular complexity index is 1810. The molecular weight excluding hydrogens is 565 g/mol. The van der Waals surface area contributed by atoms with Crippen LogP contribution in [0, 0.1) is 0 Å². The molecule has 7 nitrogen and oxygen atoms in total. The molecule has 0 aliphatic carbocycles. The fourth-order valence-corrected chi connectivity index (χ4v) is 5.68. The summed E-state index contributed by atoms with van der Waals surface area (Å²) >= 11 is 0. The number of halogens is 3. The van der Waals surface area contributed by atoms with Crippen LogP contribution in [0.4, 0.5) is 18.9 Å². The molecule has 1 aliphatic heterocycles. The van der Waals surface area contributed by atoms with Crippen molar-refractivity contribution in [3.63, 3.8) is 0 Å². The molecular formula is C34H33F3N6O. The van der Waals surface area contributed by atoms with Crippen LogP contribution in [0.25, 0.3) is 28.0 Å². The van der Waals surface area contributed by atoms with Gasteiger partial charge in [0.05, 0.1) is 23.7 Å². The second-order valence-electron chi connectivity index (χ2n) is 11.2. The van der Waals surface area contributed by atoms with Crippen LogP contribution < -0.4 is 5.32 Å². The van der Waals surface area contributed by atoms with Gasteiger partial charge in [-0.1, -0.05) is 31.2 Å². The highest BCUT2D eigenvalue weighted by molar-refractivity contribution is 6.05. The number of hydrogen-bond acceptors (Lipinski definition) is 5. The summed E-state index contributed by atoms with van der Waals surface area (Å²) in [6, 6.07) is 17.3. The molecule has 3 heterocycles. The Labute approximate surface area is 254 Å². The summed E-state index contributed by atoms with van der Waals surface area (Å²) in [6.07, 6.45) is 3.27. The highest BCUT2D eigenvalue weighted by Gasteiger charge is 2.31. The average Bonchev–Trinajstić information content (AvgIpc) is 3.46. The van der Waals surface area contributed by atoms with Crippen LogP contribution in [0.15, 0.2) is 85.5 Å². The normalized spacial score (nSPS) is 14.7. The van der Waals surface area contributed by atoms with Crippen molar-refractivity contribution < 1.29 is 18.0 Å². The van der Waals surface area contributed by atoms with E-state index in [0.29, 0.717) is 17.7 Å². The molecule has 44 heavy (non-hydrogen) atoms. The zero-order valence-corrected chi connectivity index (χ0v) is 24.6. The zero-order valence-electron chi connectivity index (χ0n) is 24.6. The summed E-state index contributed by atoms with van der Waals surface area (Å²) in [7, 11) is 2.03. The van der Waals surface area contributed by atoms with E-state index >= 15 is 0 Å². The standard InChI is InChI=1S/C34H33F3N6O/c1-3-24-7-8-27(18-30(24)25-5-4-6-26(17-25)31-20-39-32-21-38-9-10-43(31)32)33(44)40-29-16-23(15-28(19-29)34(35,36)37)22-42-13-11-41(2)12-14-42/h4-10,15-21H,3,11-14,22H2,1-2H3,(H,40,44). The largest absolute Gasteiger partial charge is 0.416 e. The van der Waals surface area contributed by atoms with E-state index in [1.165, 1.54) is 6.07 Å². The highest BCUT2D eigenvalue weighted by Crippen LogP contribution is 2.34. The van der Waals surface area contributed by atoms with E-state index in [1.54, 1.807) is 30.7 Å². The number of likely N-dealkylation sites (N-methyl/N-ethyl adjacent to an activating group) is 1. The van der Waals surface area contributed by atoms with Crippen molar-refractivity contribution in [1.82, 2.24) is 24.2 Å². The summed E-state index contributed by atoms with van der Waals surface area (Å²) < 4.78 is 43.5. The van der Waals surface area contributed by atoms with Gasteiger partial charge in [0, 0.05) is 61.9 Å². The van der Waals surface area contributed by atoms with Gasteiger partial charge in [0.15, 0.2) is 5.65 Å². The topological polar surface area (TPSA) is 65.8 Å². The monoisotopic (exact) mass is 598 g/mol. The van der Waals surface area contributed by atoms with Crippen LogP contribution in [0.2, 0.25) is 0 Å². The number of alkyl halides is 3. The number of nitrogens with one attached hydrogen (secondary N) is 1. The van der Waals surface area contributed by atoms with Gasteiger partial charge in [-0.05, 0) is 72.1 Å². The Morgan fingerprint density at radius 1 is 0.955 bits per heavy atom. The summed E-state index contributed by atoms with van der Waals surface area (Å²) in [6.45, 7) is 5.70. The second kappa shape index (κ2) is 12.2. The van der Waals surface area contributed by atoms with Gasteiger partial charge in [-0.2, -0.15) is 13.2 Å². The molecule has 0 unspecified atom stereocenters. The molecule has 2 aromatic heterocycles. The molecule has 1 aliphatic rings. The molecule has 6 rings (SSSR count). The van der Waals surface area contributed by atoms with E-state index < -0.39 is 17.6 Å². The lowest BCUT2D eigenvalue weighted by Gasteiger charge is -2.32. The molecule has 1 amide bonds. The number of nitrogens with zero attached hydrogens (tertiary/aromatic N) is 5. The first-order chi connectivity index (χ1) is 21.2. The Balaban J connectivity index is 1.29. The van der Waals surface area contributed by atoms with Crippen molar-refractivity contribution in [3.05, 3.63) is 108 Å². The SMILES string of the molecule is CCc1ccc(C(=O)Nc2cc(CN3CCN(C)CC3)cc(C(F)(F)F)c2)cc1-c1cccc(-c2cnc3cnccn23)c1. The number of aromatic nitrogens is 3. The Morgan fingerprint density at radius 3 is 2.52 bits per heavy atom. The number of fused-ring (bicyclic) bond motifs is 1. The lowest BCUT2D eigenvalue weighted by Crippen LogP contribution is -2.43. The van der Waals surface area contributed by atoms with Gasteiger partial charge in [0.2, 0.25) is 0 Å². The minimum atomic E-state index is -4.53. The van der Waals surface area contributed by atoms with Gasteiger partial charge < -0.3 is 10.2 Å². The fraction of sp³-hybridized carbons (Fsp3) is 0.265. The van der Waals surface area contributed by atoms with Crippen LogP contribution in [0.5, 0.6) is 0 Å². The third-order valence-electron chi connectivity index (χ3n) is 8.12. The molecule has 1 N–H and O–H groups in total. The summed E-state index contributed by atoms with van der Waals surface area (Å²) in [5.41, 5.74) is 5.69. The van der Waals surface area contributed by atoms with Gasteiger partial charge >= 0.3 is 6.18 Å². The van der Waals surface area contributed by atoms with Crippen LogP contribution >= 0.6 is 0 Å². The maximum Gasteiger partial charge on any atom is 0.416 e. The van der Waals surface area contributed by atoms with E-state index in [0.717, 1.165) is 72.3 Å². The number of carbonyl (C=O) groups is 1. The first-order valence-electron chi connectivity index (χ1n) is 14.6. The van der Waals surface area contributed by atoms with E-state index in [2.05, 4.69) is 31.2 Å². The van der Waals surface area contributed by atoms with Crippen LogP contribution in [0.1, 0.15) is 34.0 Å². The van der Waals surface area contributed by atoms with Crippen molar-refractivity contribution in [2.45, 2.75) is 26.1 Å². The number of hydrogen-bond donors (Lipinski definition) is 1. The molecule has 3 aromatic carbocycles. The minimum absolute atomic E-state index is 0.124. The number of amides is 1. The van der Waals surface area contributed by atoms with E-state index in [-0.39, 0.29) is 5.69 Å². The first-order valence-corrected chi connectivity index (χ1v) is 14.6. The third-order valence-corrected chi connectivity index (χ3v) is 8.12. The summed E-state index contributed by atoms with van der Waals surface area (Å²) in [5.74, 6) is -0.468. The molecule has 226 valence electrons. The molecule has 0 bridgehead atoms. The lowest BCUT2D eigenvalue weighted by atomic mass is 9.94. The minimum Gasteiger partial charge on any atom is -0.322 e. The smallest absolute Gasteiger partial charge is 0.322 e. The molecule has 10 heteroatoms. The van der Waals surface area contributed by atoms with E-state index in [4.69, 9.17) is 0 Å². The number of carbonyl (C=O) groups excluding carboxylic acids is 1. The number of benzene rings is 3. The lowest BCUT2D eigenvalue weighted by molar-refractivity contribution is -0.137.